The van der Waals surface area contributed by atoms with Gasteiger partial charge in [0.15, 0.2) is 11.5 Å². The number of amides is 3. The van der Waals surface area contributed by atoms with E-state index in [1.807, 2.05) is 31.2 Å². The average molecular weight is 578 g/mol. The van der Waals surface area contributed by atoms with Crippen molar-refractivity contribution >= 4 is 57.5 Å². The molecule has 2 aromatic rings. The Morgan fingerprint density at radius 1 is 1.21 bits per heavy atom. The lowest BCUT2D eigenvalue weighted by Crippen LogP contribution is -2.44. The molecular weight excluding hydrogens is 555 g/mol. The molecule has 2 aromatic carbocycles. The van der Waals surface area contributed by atoms with E-state index in [0.29, 0.717) is 36.8 Å². The predicted molar refractivity (Wildman–Crippen MR) is 135 cm³/mol. The van der Waals surface area contributed by atoms with Crippen molar-refractivity contribution in [2.75, 3.05) is 26.8 Å². The predicted octanol–water partition coefficient (Wildman–Crippen LogP) is 4.32. The third kappa shape index (κ3) is 5.03. The van der Waals surface area contributed by atoms with Crippen LogP contribution < -0.4 is 9.47 Å². The normalized spacial score (nSPS) is 16.9. The number of hydrogen-bond acceptors (Lipinski definition) is 6. The zero-order valence-corrected chi connectivity index (χ0v) is 21.3. The van der Waals surface area contributed by atoms with Crippen LogP contribution >= 0.6 is 34.4 Å². The van der Waals surface area contributed by atoms with E-state index in [9.17, 15) is 14.4 Å². The van der Waals surface area contributed by atoms with Gasteiger partial charge < -0.3 is 14.4 Å². The first kappa shape index (κ1) is 23.6. The van der Waals surface area contributed by atoms with E-state index in [4.69, 9.17) is 9.47 Å². The Bertz CT molecular complexity index is 1150. The number of methoxy groups -OCH3 is 1. The fraction of sp³-hybridized carbons (Fsp3) is 0.292. The summed E-state index contributed by atoms with van der Waals surface area (Å²) in [5, 5.41) is -0.440. The molecule has 1 fully saturated rings. The minimum atomic E-state index is -0.460. The molecule has 7 nitrogen and oxygen atoms in total. The molecular formula is C24H23IN2O5S. The number of imide groups is 1. The highest BCUT2D eigenvalue weighted by molar-refractivity contribution is 14.1. The molecule has 0 N–H and O–H groups in total. The second kappa shape index (κ2) is 10.2. The molecule has 3 amide bonds. The van der Waals surface area contributed by atoms with Crippen molar-refractivity contribution in [1.82, 2.24) is 9.80 Å². The van der Waals surface area contributed by atoms with Gasteiger partial charge in [-0.3, -0.25) is 19.3 Å². The van der Waals surface area contributed by atoms with Gasteiger partial charge >= 0.3 is 0 Å². The third-order valence-electron chi connectivity index (χ3n) is 5.49. The zero-order valence-electron chi connectivity index (χ0n) is 18.3. The Balaban J connectivity index is 1.48. The van der Waals surface area contributed by atoms with Crippen molar-refractivity contribution in [3.8, 4) is 11.5 Å². The molecule has 2 aliphatic heterocycles. The first-order chi connectivity index (χ1) is 15.9. The number of hydrogen-bond donors (Lipinski definition) is 0. The monoisotopic (exact) mass is 578 g/mol. The maximum atomic E-state index is 12.9. The van der Waals surface area contributed by atoms with Crippen molar-refractivity contribution in [3.05, 3.63) is 61.6 Å². The summed E-state index contributed by atoms with van der Waals surface area (Å²) in [4.78, 5) is 41.3. The van der Waals surface area contributed by atoms with E-state index in [-0.39, 0.29) is 17.4 Å². The average Bonchev–Trinajstić information content (AvgIpc) is 3.07. The fourth-order valence-electron chi connectivity index (χ4n) is 3.84. The second-order valence-corrected chi connectivity index (χ2v) is 9.72. The lowest BCUT2D eigenvalue weighted by Gasteiger charge is -2.29. The lowest BCUT2D eigenvalue weighted by molar-refractivity contribution is -0.136. The van der Waals surface area contributed by atoms with E-state index < -0.39 is 11.1 Å². The van der Waals surface area contributed by atoms with E-state index >= 15 is 0 Å². The molecule has 0 radical (unpaired) electrons. The van der Waals surface area contributed by atoms with Crippen LogP contribution in [0, 0.1) is 3.57 Å². The van der Waals surface area contributed by atoms with Gasteiger partial charge in [0.1, 0.15) is 6.54 Å². The summed E-state index contributed by atoms with van der Waals surface area (Å²) in [5.74, 6) is 0.498. The van der Waals surface area contributed by atoms with Gasteiger partial charge in [0, 0.05) is 13.1 Å². The fourth-order valence-corrected chi connectivity index (χ4v) is 5.46. The van der Waals surface area contributed by atoms with Crippen LogP contribution in [0.2, 0.25) is 0 Å². The Labute approximate surface area is 210 Å². The number of carbonyl (C=O) groups is 3. The quantitative estimate of drug-likeness (QED) is 0.376. The first-order valence-corrected chi connectivity index (χ1v) is 12.4. The summed E-state index contributed by atoms with van der Waals surface area (Å²) in [6, 6.07) is 11.6. The van der Waals surface area contributed by atoms with Crippen LogP contribution in [0.5, 0.6) is 11.5 Å². The number of nitrogens with zero attached hydrogens (tertiary/aromatic N) is 2. The molecule has 0 bridgehead atoms. The van der Waals surface area contributed by atoms with Crippen molar-refractivity contribution in [3.63, 3.8) is 0 Å². The summed E-state index contributed by atoms with van der Waals surface area (Å²) in [6.07, 6.45) is 2.41. The van der Waals surface area contributed by atoms with Gasteiger partial charge in [-0.05, 0) is 82.6 Å². The lowest BCUT2D eigenvalue weighted by atomic mass is 10.00. The van der Waals surface area contributed by atoms with Crippen LogP contribution in [0.4, 0.5) is 4.79 Å². The van der Waals surface area contributed by atoms with E-state index in [2.05, 4.69) is 28.7 Å². The van der Waals surface area contributed by atoms with E-state index in [1.54, 1.807) is 24.2 Å². The first-order valence-electron chi connectivity index (χ1n) is 10.5. The highest BCUT2D eigenvalue weighted by Crippen LogP contribution is 2.37. The van der Waals surface area contributed by atoms with E-state index in [0.717, 1.165) is 32.2 Å². The number of carbonyl (C=O) groups excluding carboxylic acids is 3. The summed E-state index contributed by atoms with van der Waals surface area (Å²) in [7, 11) is 1.55. The molecule has 9 heteroatoms. The minimum Gasteiger partial charge on any atom is -0.493 e. The van der Waals surface area contributed by atoms with Gasteiger partial charge in [-0.1, -0.05) is 24.3 Å². The summed E-state index contributed by atoms with van der Waals surface area (Å²) in [5.41, 5.74) is 3.05. The summed E-state index contributed by atoms with van der Waals surface area (Å²) in [6.45, 7) is 3.21. The van der Waals surface area contributed by atoms with Gasteiger partial charge in [-0.25, -0.2) is 0 Å². The van der Waals surface area contributed by atoms with Crippen LogP contribution in [0.15, 0.2) is 41.3 Å². The highest BCUT2D eigenvalue weighted by atomic mass is 127. The van der Waals surface area contributed by atoms with Gasteiger partial charge in [0.2, 0.25) is 5.91 Å². The SMILES string of the molecule is CCOc1c(I)cc(/C=C2/SC(=O)N(CC(=O)N3CCc4ccccc4C3)C2=O)cc1OC. The third-order valence-corrected chi connectivity index (χ3v) is 7.20. The molecule has 33 heavy (non-hydrogen) atoms. The molecule has 0 aromatic heterocycles. The van der Waals surface area contributed by atoms with Crippen molar-refractivity contribution < 1.29 is 23.9 Å². The van der Waals surface area contributed by atoms with Gasteiger partial charge in [0.25, 0.3) is 11.1 Å². The number of halogens is 1. The number of benzene rings is 2. The number of fused-ring (bicyclic) bond motifs is 1. The maximum Gasteiger partial charge on any atom is 0.294 e. The second-order valence-electron chi connectivity index (χ2n) is 7.57. The number of thioether (sulfide) groups is 1. The molecule has 0 aliphatic carbocycles. The van der Waals surface area contributed by atoms with Crippen molar-refractivity contribution in [1.29, 1.82) is 0 Å². The molecule has 4 rings (SSSR count). The number of rotatable bonds is 6. The minimum absolute atomic E-state index is 0.231. The molecule has 0 spiro atoms. The van der Waals surface area contributed by atoms with Crippen LogP contribution in [0.25, 0.3) is 6.08 Å². The number of ether oxygens (including phenoxy) is 2. The highest BCUT2D eigenvalue weighted by Gasteiger charge is 2.37. The summed E-state index contributed by atoms with van der Waals surface area (Å²) < 4.78 is 11.9. The Morgan fingerprint density at radius 2 is 1.97 bits per heavy atom. The van der Waals surface area contributed by atoms with Gasteiger partial charge in [-0.2, -0.15) is 0 Å². The molecule has 0 saturated carbocycles. The van der Waals surface area contributed by atoms with Crippen molar-refractivity contribution in [2.45, 2.75) is 19.9 Å². The smallest absolute Gasteiger partial charge is 0.294 e. The molecule has 1 saturated heterocycles. The maximum absolute atomic E-state index is 12.9. The Hall–Kier alpha value is -2.53. The standard InChI is InChI=1S/C24H23IN2O5S/c1-3-32-22-18(25)10-15(11-19(22)31-2)12-20-23(29)27(24(30)33-20)14-21(28)26-9-8-16-6-4-5-7-17(16)13-26/h4-7,10-12H,3,8-9,13-14H2,1-2H3/b20-12+. The summed E-state index contributed by atoms with van der Waals surface area (Å²) >= 11 is 2.99. The molecule has 172 valence electrons. The van der Waals surface area contributed by atoms with E-state index in [1.165, 1.54) is 5.56 Å². The van der Waals surface area contributed by atoms with Crippen LogP contribution in [-0.2, 0) is 22.6 Å². The Kier molecular flexibility index (Phi) is 7.28. The van der Waals surface area contributed by atoms with Gasteiger partial charge in [-0.15, -0.1) is 0 Å². The molecule has 0 atom stereocenters. The molecule has 2 heterocycles. The zero-order chi connectivity index (χ0) is 23.5. The van der Waals surface area contributed by atoms with Crippen molar-refractivity contribution in [2.24, 2.45) is 0 Å². The molecule has 0 unspecified atom stereocenters. The molecule has 2 aliphatic rings. The van der Waals surface area contributed by atoms with Crippen LogP contribution in [-0.4, -0.2) is 53.7 Å². The van der Waals surface area contributed by atoms with Gasteiger partial charge in [0.05, 0.1) is 22.2 Å². The Morgan fingerprint density at radius 3 is 2.70 bits per heavy atom. The van der Waals surface area contributed by atoms with Crippen LogP contribution in [0.3, 0.4) is 0 Å². The van der Waals surface area contributed by atoms with Crippen LogP contribution in [0.1, 0.15) is 23.6 Å². The topological polar surface area (TPSA) is 76.2 Å². The largest absolute Gasteiger partial charge is 0.493 e.